The lowest BCUT2D eigenvalue weighted by atomic mass is 10.2. The van der Waals surface area contributed by atoms with Gasteiger partial charge in [0.05, 0.1) is 0 Å². The van der Waals surface area contributed by atoms with Crippen LogP contribution in [-0.4, -0.2) is 18.9 Å². The van der Waals surface area contributed by atoms with Crippen molar-refractivity contribution in [2.24, 2.45) is 4.99 Å². The Hall–Kier alpha value is -0.890. The van der Waals surface area contributed by atoms with Crippen LogP contribution in [0.15, 0.2) is 28.4 Å². The summed E-state index contributed by atoms with van der Waals surface area (Å²) in [6.07, 6.45) is 4.15. The normalized spacial score (nSPS) is 12.9. The minimum atomic E-state index is 0.353. The standard InChI is InChI=1S/C8H10ClNO/c1-7(4-3-5-9)8(6-11)10-2/h3-4,6H,2,5H2,1H3/b4-3-,8-7-. The molecule has 0 atom stereocenters. The number of carbonyl (C=O) groups excluding carboxylic acids is 1. The van der Waals surface area contributed by atoms with Crippen molar-refractivity contribution in [2.75, 3.05) is 5.88 Å². The SMILES string of the molecule is C=N/C(C=O)=C(C)\C=C/CCl. The van der Waals surface area contributed by atoms with E-state index in [0.29, 0.717) is 17.9 Å². The van der Waals surface area contributed by atoms with E-state index in [9.17, 15) is 4.79 Å². The van der Waals surface area contributed by atoms with E-state index < -0.39 is 0 Å². The summed E-state index contributed by atoms with van der Waals surface area (Å²) < 4.78 is 0. The maximum Gasteiger partial charge on any atom is 0.168 e. The van der Waals surface area contributed by atoms with E-state index in [-0.39, 0.29) is 0 Å². The number of aldehydes is 1. The second kappa shape index (κ2) is 5.86. The summed E-state index contributed by atoms with van der Waals surface area (Å²) in [6.45, 7) is 5.03. The monoisotopic (exact) mass is 171 g/mol. The van der Waals surface area contributed by atoms with Crippen LogP contribution in [0.2, 0.25) is 0 Å². The molecule has 0 aromatic heterocycles. The van der Waals surface area contributed by atoms with Crippen molar-refractivity contribution in [3.05, 3.63) is 23.4 Å². The van der Waals surface area contributed by atoms with Crippen LogP contribution in [0.3, 0.4) is 0 Å². The number of halogens is 1. The molecule has 0 unspecified atom stereocenters. The summed E-state index contributed by atoms with van der Waals surface area (Å²) in [6, 6.07) is 0. The third-order valence-corrected chi connectivity index (χ3v) is 1.32. The molecule has 0 aromatic rings. The van der Waals surface area contributed by atoms with E-state index in [2.05, 4.69) is 11.7 Å². The Bertz CT molecular complexity index is 196. The van der Waals surface area contributed by atoms with Gasteiger partial charge in [-0.15, -0.1) is 11.6 Å². The van der Waals surface area contributed by atoms with E-state index in [1.54, 1.807) is 19.1 Å². The van der Waals surface area contributed by atoms with Crippen LogP contribution in [0.25, 0.3) is 0 Å². The zero-order valence-corrected chi connectivity index (χ0v) is 7.14. The number of rotatable bonds is 4. The summed E-state index contributed by atoms with van der Waals surface area (Å²) in [5.41, 5.74) is 1.13. The fourth-order valence-electron chi connectivity index (χ4n) is 0.562. The van der Waals surface area contributed by atoms with Crippen LogP contribution in [0.1, 0.15) is 6.92 Å². The molecule has 0 saturated carbocycles. The summed E-state index contributed by atoms with van der Waals surface area (Å²) >= 11 is 5.39. The van der Waals surface area contributed by atoms with Gasteiger partial charge in [0.1, 0.15) is 5.70 Å². The second-order valence-corrected chi connectivity index (χ2v) is 2.21. The van der Waals surface area contributed by atoms with Gasteiger partial charge in [0.15, 0.2) is 6.29 Å². The minimum Gasteiger partial charge on any atom is -0.296 e. The molecular formula is C8H10ClNO. The van der Waals surface area contributed by atoms with Gasteiger partial charge in [-0.3, -0.25) is 9.79 Å². The molecule has 0 N–H and O–H groups in total. The van der Waals surface area contributed by atoms with Crippen LogP contribution in [0.4, 0.5) is 0 Å². The fourth-order valence-corrected chi connectivity index (χ4v) is 0.651. The van der Waals surface area contributed by atoms with E-state index >= 15 is 0 Å². The Morgan fingerprint density at radius 2 is 2.36 bits per heavy atom. The van der Waals surface area contributed by atoms with Gasteiger partial charge in [-0.25, -0.2) is 0 Å². The van der Waals surface area contributed by atoms with Crippen molar-refractivity contribution >= 4 is 24.6 Å². The lowest BCUT2D eigenvalue weighted by Gasteiger charge is -1.92. The van der Waals surface area contributed by atoms with Gasteiger partial charge in [0.2, 0.25) is 0 Å². The van der Waals surface area contributed by atoms with Crippen molar-refractivity contribution in [3.8, 4) is 0 Å². The minimum absolute atomic E-state index is 0.353. The summed E-state index contributed by atoms with van der Waals surface area (Å²) in [5.74, 6) is 0.431. The Balaban J connectivity index is 4.47. The van der Waals surface area contributed by atoms with Crippen molar-refractivity contribution < 1.29 is 4.79 Å². The van der Waals surface area contributed by atoms with E-state index in [1.165, 1.54) is 0 Å². The Morgan fingerprint density at radius 3 is 2.73 bits per heavy atom. The lowest BCUT2D eigenvalue weighted by Crippen LogP contribution is -1.83. The van der Waals surface area contributed by atoms with Crippen LogP contribution >= 0.6 is 11.6 Å². The van der Waals surface area contributed by atoms with Gasteiger partial charge in [-0.1, -0.05) is 12.2 Å². The molecule has 11 heavy (non-hydrogen) atoms. The smallest absolute Gasteiger partial charge is 0.168 e. The highest BCUT2D eigenvalue weighted by molar-refractivity contribution is 6.18. The topological polar surface area (TPSA) is 29.4 Å². The largest absolute Gasteiger partial charge is 0.296 e. The molecule has 0 aliphatic heterocycles. The second-order valence-electron chi connectivity index (χ2n) is 1.90. The number of aliphatic imine (C=N–C) groups is 1. The van der Waals surface area contributed by atoms with Gasteiger partial charge in [-0.05, 0) is 19.2 Å². The Morgan fingerprint density at radius 1 is 1.73 bits per heavy atom. The average molecular weight is 172 g/mol. The maximum absolute atomic E-state index is 10.3. The number of allylic oxidation sites excluding steroid dienone is 4. The highest BCUT2D eigenvalue weighted by atomic mass is 35.5. The Kier molecular flexibility index (Phi) is 5.39. The van der Waals surface area contributed by atoms with Gasteiger partial charge in [-0.2, -0.15) is 0 Å². The Labute approximate surface area is 71.3 Å². The van der Waals surface area contributed by atoms with E-state index in [0.717, 1.165) is 5.57 Å². The first-order chi connectivity index (χ1) is 5.26. The molecule has 3 heteroatoms. The molecule has 0 fully saturated rings. The van der Waals surface area contributed by atoms with Crippen LogP contribution in [0, 0.1) is 0 Å². The fraction of sp³-hybridized carbons (Fsp3) is 0.250. The molecular weight excluding hydrogens is 162 g/mol. The number of alkyl halides is 1. The number of nitrogens with zero attached hydrogens (tertiary/aromatic N) is 1. The number of hydrogen-bond donors (Lipinski definition) is 0. The van der Waals surface area contributed by atoms with E-state index in [1.807, 2.05) is 0 Å². The van der Waals surface area contributed by atoms with Gasteiger partial charge in [0, 0.05) is 5.88 Å². The predicted molar refractivity (Wildman–Crippen MR) is 48.2 cm³/mol. The first kappa shape index (κ1) is 10.1. The van der Waals surface area contributed by atoms with Gasteiger partial charge >= 0.3 is 0 Å². The molecule has 60 valence electrons. The molecule has 2 nitrogen and oxygen atoms in total. The van der Waals surface area contributed by atoms with Crippen molar-refractivity contribution in [1.82, 2.24) is 0 Å². The molecule has 0 radical (unpaired) electrons. The molecule has 0 aliphatic carbocycles. The third kappa shape index (κ3) is 3.73. The molecule has 0 aromatic carbocycles. The molecule has 0 spiro atoms. The van der Waals surface area contributed by atoms with Crippen LogP contribution in [0.5, 0.6) is 0 Å². The predicted octanol–water partition coefficient (Wildman–Crippen LogP) is 1.95. The highest BCUT2D eigenvalue weighted by Gasteiger charge is 1.92. The molecule has 0 heterocycles. The van der Waals surface area contributed by atoms with Crippen LogP contribution < -0.4 is 0 Å². The lowest BCUT2D eigenvalue weighted by molar-refractivity contribution is -0.104. The van der Waals surface area contributed by atoms with E-state index in [4.69, 9.17) is 11.6 Å². The third-order valence-electron chi connectivity index (χ3n) is 1.14. The van der Waals surface area contributed by atoms with Crippen molar-refractivity contribution in [2.45, 2.75) is 6.92 Å². The highest BCUT2D eigenvalue weighted by Crippen LogP contribution is 2.03. The van der Waals surface area contributed by atoms with Crippen molar-refractivity contribution in [1.29, 1.82) is 0 Å². The first-order valence-corrected chi connectivity index (χ1v) is 3.65. The quantitative estimate of drug-likeness (QED) is 0.209. The molecule has 0 bridgehead atoms. The molecule has 0 aliphatic rings. The number of hydrogen-bond acceptors (Lipinski definition) is 2. The molecule has 0 saturated heterocycles. The summed E-state index contributed by atoms with van der Waals surface area (Å²) in [5, 5.41) is 0. The zero-order valence-electron chi connectivity index (χ0n) is 6.38. The maximum atomic E-state index is 10.3. The molecule has 0 rings (SSSR count). The summed E-state index contributed by atoms with van der Waals surface area (Å²) in [4.78, 5) is 13.8. The van der Waals surface area contributed by atoms with Crippen molar-refractivity contribution in [3.63, 3.8) is 0 Å². The average Bonchev–Trinajstić information content (AvgIpc) is 2.03. The molecule has 0 amide bonds. The summed E-state index contributed by atoms with van der Waals surface area (Å²) in [7, 11) is 0. The number of carbonyl (C=O) groups is 1. The van der Waals surface area contributed by atoms with Gasteiger partial charge in [0.25, 0.3) is 0 Å². The zero-order chi connectivity index (χ0) is 8.69. The van der Waals surface area contributed by atoms with Crippen LogP contribution in [-0.2, 0) is 4.79 Å². The van der Waals surface area contributed by atoms with Gasteiger partial charge < -0.3 is 0 Å². The first-order valence-electron chi connectivity index (χ1n) is 3.11.